The molecule has 1 fully saturated rings. The fourth-order valence-electron chi connectivity index (χ4n) is 5.03. The van der Waals surface area contributed by atoms with Crippen LogP contribution >= 0.6 is 11.8 Å². The van der Waals surface area contributed by atoms with Crippen LogP contribution in [-0.2, 0) is 25.1 Å². The number of benzene rings is 2. The molecule has 0 N–H and O–H groups in total. The van der Waals surface area contributed by atoms with Crippen molar-refractivity contribution in [2.24, 2.45) is 0 Å². The average Bonchev–Trinajstić information content (AvgIpc) is 3.58. The Morgan fingerprint density at radius 3 is 2.55 bits per heavy atom. The van der Waals surface area contributed by atoms with Crippen LogP contribution in [0.1, 0.15) is 41.8 Å². The van der Waals surface area contributed by atoms with E-state index >= 15 is 0 Å². The van der Waals surface area contributed by atoms with Gasteiger partial charge in [0.05, 0.1) is 6.54 Å². The molecule has 1 aliphatic heterocycles. The molecule has 2 aromatic carbocycles. The summed E-state index contributed by atoms with van der Waals surface area (Å²) in [6, 6.07) is 16.2. The summed E-state index contributed by atoms with van der Waals surface area (Å²) in [4.78, 5) is 14.7. The molecule has 1 aliphatic carbocycles. The van der Waals surface area contributed by atoms with E-state index in [9.17, 15) is 4.79 Å². The van der Waals surface area contributed by atoms with Crippen LogP contribution in [0, 0.1) is 0 Å². The smallest absolute Gasteiger partial charge is 0.336 e. The van der Waals surface area contributed by atoms with Gasteiger partial charge in [-0.1, -0.05) is 30.0 Å². The van der Waals surface area contributed by atoms with E-state index in [1.165, 1.54) is 30.4 Å². The molecular weight excluding hydrogens is 432 g/mol. The molecule has 6 nitrogen and oxygen atoms in total. The lowest BCUT2D eigenvalue weighted by atomic mass is 10.0. The molecule has 0 atom stereocenters. The zero-order chi connectivity index (χ0) is 22.2. The summed E-state index contributed by atoms with van der Waals surface area (Å²) in [6.45, 7) is 3.02. The lowest BCUT2D eigenvalue weighted by Crippen LogP contribution is -2.21. The number of fused-ring (bicyclic) bond motifs is 2. The Bertz CT molecular complexity index is 1360. The van der Waals surface area contributed by atoms with Crippen LogP contribution in [0.4, 0.5) is 0 Å². The summed E-state index contributed by atoms with van der Waals surface area (Å²) in [7, 11) is 0. The number of nitrogens with zero attached hydrogens (tertiary/aromatic N) is 4. The van der Waals surface area contributed by atoms with Crippen LogP contribution < -0.4 is 5.63 Å². The molecule has 1 saturated heterocycles. The van der Waals surface area contributed by atoms with Crippen molar-refractivity contribution in [3.05, 3.63) is 81.5 Å². The van der Waals surface area contributed by atoms with Crippen molar-refractivity contribution in [1.82, 2.24) is 19.7 Å². The first-order valence-corrected chi connectivity index (χ1v) is 12.7. The lowest BCUT2D eigenvalue weighted by molar-refractivity contribution is 0.319. The minimum absolute atomic E-state index is 0.296. The Morgan fingerprint density at radius 2 is 1.73 bits per heavy atom. The van der Waals surface area contributed by atoms with Gasteiger partial charge >= 0.3 is 5.63 Å². The normalized spacial score (nSPS) is 16.0. The van der Waals surface area contributed by atoms with Gasteiger partial charge in [0.15, 0.2) is 11.0 Å². The molecule has 0 spiro atoms. The third-order valence-electron chi connectivity index (χ3n) is 6.68. The second kappa shape index (κ2) is 8.80. The van der Waals surface area contributed by atoms with E-state index in [1.807, 2.05) is 18.2 Å². The molecule has 0 bridgehead atoms. The van der Waals surface area contributed by atoms with Gasteiger partial charge < -0.3 is 4.42 Å². The highest BCUT2D eigenvalue weighted by Crippen LogP contribution is 2.32. The molecule has 33 heavy (non-hydrogen) atoms. The first-order valence-electron chi connectivity index (χ1n) is 11.7. The highest BCUT2D eigenvalue weighted by atomic mass is 32.2. The van der Waals surface area contributed by atoms with Crippen LogP contribution in [0.3, 0.4) is 0 Å². The summed E-state index contributed by atoms with van der Waals surface area (Å²) in [5.74, 6) is 1.59. The number of hydrogen-bond donors (Lipinski definition) is 0. The number of likely N-dealkylation sites (tertiary alicyclic amines) is 1. The molecule has 0 amide bonds. The summed E-state index contributed by atoms with van der Waals surface area (Å²) < 4.78 is 7.71. The monoisotopic (exact) mass is 458 g/mol. The highest BCUT2D eigenvalue weighted by molar-refractivity contribution is 7.98. The predicted octanol–water partition coefficient (Wildman–Crippen LogP) is 4.75. The van der Waals surface area contributed by atoms with Gasteiger partial charge in [0, 0.05) is 22.9 Å². The first kappa shape index (κ1) is 20.7. The third-order valence-corrected chi connectivity index (χ3v) is 7.66. The number of rotatable bonds is 6. The zero-order valence-electron chi connectivity index (χ0n) is 18.5. The number of hydrogen-bond acceptors (Lipinski definition) is 6. The van der Waals surface area contributed by atoms with Gasteiger partial charge in [0.2, 0.25) is 0 Å². The van der Waals surface area contributed by atoms with Crippen LogP contribution in [0.2, 0.25) is 0 Å². The van der Waals surface area contributed by atoms with E-state index in [4.69, 9.17) is 4.42 Å². The molecule has 2 aliphatic rings. The highest BCUT2D eigenvalue weighted by Gasteiger charge is 2.20. The summed E-state index contributed by atoms with van der Waals surface area (Å²) in [5, 5.41) is 11.0. The fourth-order valence-corrected chi connectivity index (χ4v) is 5.99. The van der Waals surface area contributed by atoms with E-state index in [0.29, 0.717) is 11.3 Å². The molecule has 3 heterocycles. The average molecular weight is 459 g/mol. The molecule has 7 heteroatoms. The van der Waals surface area contributed by atoms with Crippen LogP contribution in [-0.4, -0.2) is 32.8 Å². The van der Waals surface area contributed by atoms with Gasteiger partial charge in [-0.15, -0.1) is 10.2 Å². The van der Waals surface area contributed by atoms with Crippen molar-refractivity contribution in [2.75, 3.05) is 13.1 Å². The van der Waals surface area contributed by atoms with E-state index in [0.717, 1.165) is 60.1 Å². The Hall–Kier alpha value is -2.90. The van der Waals surface area contributed by atoms with E-state index in [1.54, 1.807) is 17.8 Å². The number of aromatic nitrogens is 3. The number of thioether (sulfide) groups is 1. The molecule has 168 valence electrons. The second-order valence-electron chi connectivity index (χ2n) is 8.90. The molecule has 0 radical (unpaired) electrons. The van der Waals surface area contributed by atoms with Crippen molar-refractivity contribution in [2.45, 2.75) is 49.6 Å². The lowest BCUT2D eigenvalue weighted by Gasteiger charge is -2.16. The van der Waals surface area contributed by atoms with Crippen molar-refractivity contribution in [3.63, 3.8) is 0 Å². The van der Waals surface area contributed by atoms with Crippen molar-refractivity contribution < 1.29 is 4.42 Å². The van der Waals surface area contributed by atoms with Crippen LogP contribution in [0.25, 0.3) is 16.7 Å². The molecule has 2 aromatic heterocycles. The Labute approximate surface area is 196 Å². The van der Waals surface area contributed by atoms with E-state index in [2.05, 4.69) is 43.9 Å². The minimum atomic E-state index is -0.296. The summed E-state index contributed by atoms with van der Waals surface area (Å²) in [5.41, 5.74) is 5.14. The van der Waals surface area contributed by atoms with E-state index in [-0.39, 0.29) is 5.63 Å². The maximum Gasteiger partial charge on any atom is 0.336 e. The maximum absolute atomic E-state index is 12.3. The second-order valence-corrected chi connectivity index (χ2v) is 9.85. The quantitative estimate of drug-likeness (QED) is 0.307. The first-order chi connectivity index (χ1) is 16.2. The van der Waals surface area contributed by atoms with Crippen molar-refractivity contribution in [1.29, 1.82) is 0 Å². The molecule has 0 saturated carbocycles. The SMILES string of the molecule is O=c1cc(CSc2nnc(CN3CCCC3)n2-c2ccccc2)c2cc3c(cc2o1)CCC3. The van der Waals surface area contributed by atoms with Crippen LogP contribution in [0.5, 0.6) is 0 Å². The third kappa shape index (κ3) is 4.11. The number of para-hydroxylation sites is 1. The Balaban J connectivity index is 1.34. The minimum Gasteiger partial charge on any atom is -0.423 e. The molecule has 0 unspecified atom stereocenters. The summed E-state index contributed by atoms with van der Waals surface area (Å²) >= 11 is 1.62. The van der Waals surface area contributed by atoms with Gasteiger partial charge in [-0.3, -0.25) is 9.47 Å². The standard InChI is InChI=1S/C26H26N4O2S/c31-25-15-20(22-13-18-7-6-8-19(18)14-23(22)32-25)17-33-26-28-27-24(16-29-11-4-5-12-29)30(26)21-9-2-1-3-10-21/h1-3,9-10,13-15H,4-8,11-12,16-17H2. The maximum atomic E-state index is 12.3. The van der Waals surface area contributed by atoms with Gasteiger partial charge in [-0.2, -0.15) is 0 Å². The van der Waals surface area contributed by atoms with Crippen molar-refractivity contribution in [3.8, 4) is 5.69 Å². The number of aryl methyl sites for hydroxylation is 2. The van der Waals surface area contributed by atoms with Gasteiger partial charge in [0.1, 0.15) is 5.58 Å². The predicted molar refractivity (Wildman–Crippen MR) is 130 cm³/mol. The fraction of sp³-hybridized carbons (Fsp3) is 0.346. The largest absolute Gasteiger partial charge is 0.423 e. The molecule has 4 aromatic rings. The molecule has 6 rings (SSSR count). The molecular formula is C26H26N4O2S. The Morgan fingerprint density at radius 1 is 0.939 bits per heavy atom. The van der Waals surface area contributed by atoms with Crippen LogP contribution in [0.15, 0.2) is 62.9 Å². The zero-order valence-corrected chi connectivity index (χ0v) is 19.3. The van der Waals surface area contributed by atoms with Crippen molar-refractivity contribution >= 4 is 22.7 Å². The topological polar surface area (TPSA) is 64.2 Å². The Kier molecular flexibility index (Phi) is 5.52. The van der Waals surface area contributed by atoms with Gasteiger partial charge in [-0.05, 0) is 86.1 Å². The van der Waals surface area contributed by atoms with Gasteiger partial charge in [0.25, 0.3) is 0 Å². The van der Waals surface area contributed by atoms with E-state index < -0.39 is 0 Å². The van der Waals surface area contributed by atoms with Gasteiger partial charge in [-0.25, -0.2) is 4.79 Å². The summed E-state index contributed by atoms with van der Waals surface area (Å²) in [6.07, 6.45) is 5.82.